The number of halogens is 1. The minimum absolute atomic E-state index is 0.0316. The van der Waals surface area contributed by atoms with Crippen LogP contribution in [-0.4, -0.2) is 17.5 Å². The predicted molar refractivity (Wildman–Crippen MR) is 94.7 cm³/mol. The number of hydrogen-bond acceptors (Lipinski definition) is 4. The van der Waals surface area contributed by atoms with Gasteiger partial charge in [-0.2, -0.15) is 0 Å². The number of benzene rings is 1. The molecule has 0 saturated heterocycles. The Labute approximate surface area is 149 Å². The zero-order valence-electron chi connectivity index (χ0n) is 15.1. The summed E-state index contributed by atoms with van der Waals surface area (Å²) in [5.74, 6) is -0.988. The average molecular weight is 355 g/mol. The zero-order chi connectivity index (χ0) is 18.3. The molecule has 1 rings (SSSR count). The second-order valence-electron chi connectivity index (χ2n) is 7.35. The van der Waals surface area contributed by atoms with Crippen molar-refractivity contribution in [2.75, 3.05) is 0 Å². The molecule has 134 valence electrons. The Balaban J connectivity index is 2.65. The van der Waals surface area contributed by atoms with Crippen LogP contribution in [0, 0.1) is 11.8 Å². The van der Waals surface area contributed by atoms with Gasteiger partial charge in [-0.15, -0.1) is 0 Å². The maximum atomic E-state index is 12.4. The molecule has 1 aromatic carbocycles. The standard InChI is InChI=1S/C19H27ClO4/c1-13(2)9-15(11-17(21)24-19(3,4)5)18(22)23-12-14-7-6-8-16(20)10-14/h6-8,10,13,15H,9,11-12H2,1-5H3/t15-/m1/s1. The third kappa shape index (κ3) is 8.34. The minimum Gasteiger partial charge on any atom is -0.461 e. The molecule has 1 aromatic rings. The summed E-state index contributed by atoms with van der Waals surface area (Å²) in [6, 6.07) is 7.15. The summed E-state index contributed by atoms with van der Waals surface area (Å²) < 4.78 is 10.7. The van der Waals surface area contributed by atoms with E-state index in [0.29, 0.717) is 11.4 Å². The summed E-state index contributed by atoms with van der Waals surface area (Å²) in [7, 11) is 0. The third-order valence-electron chi connectivity index (χ3n) is 3.19. The van der Waals surface area contributed by atoms with Gasteiger partial charge in [-0.1, -0.05) is 37.6 Å². The van der Waals surface area contributed by atoms with E-state index in [1.165, 1.54) is 0 Å². The van der Waals surface area contributed by atoms with Gasteiger partial charge in [0.05, 0.1) is 12.3 Å². The fourth-order valence-electron chi connectivity index (χ4n) is 2.32. The van der Waals surface area contributed by atoms with Crippen molar-refractivity contribution in [1.82, 2.24) is 0 Å². The van der Waals surface area contributed by atoms with Crippen LogP contribution in [0.1, 0.15) is 53.0 Å². The van der Waals surface area contributed by atoms with Crippen LogP contribution < -0.4 is 0 Å². The van der Waals surface area contributed by atoms with Crippen molar-refractivity contribution in [1.29, 1.82) is 0 Å². The van der Waals surface area contributed by atoms with E-state index < -0.39 is 11.5 Å². The van der Waals surface area contributed by atoms with Crippen LogP contribution in [0.25, 0.3) is 0 Å². The Morgan fingerprint density at radius 1 is 1.21 bits per heavy atom. The van der Waals surface area contributed by atoms with Crippen molar-refractivity contribution in [3.05, 3.63) is 34.9 Å². The number of hydrogen-bond donors (Lipinski definition) is 0. The summed E-state index contributed by atoms with van der Waals surface area (Å²) in [4.78, 5) is 24.4. The van der Waals surface area contributed by atoms with E-state index in [4.69, 9.17) is 21.1 Å². The number of ether oxygens (including phenoxy) is 2. The zero-order valence-corrected chi connectivity index (χ0v) is 15.9. The summed E-state index contributed by atoms with van der Waals surface area (Å²) >= 11 is 5.92. The number of rotatable bonds is 7. The molecule has 24 heavy (non-hydrogen) atoms. The molecule has 0 bridgehead atoms. The molecule has 5 heteroatoms. The molecule has 4 nitrogen and oxygen atoms in total. The molecule has 0 aromatic heterocycles. The van der Waals surface area contributed by atoms with Crippen molar-refractivity contribution < 1.29 is 19.1 Å². The SMILES string of the molecule is CC(C)C[C@H](CC(=O)OC(C)(C)C)C(=O)OCc1cccc(Cl)c1. The molecule has 0 saturated carbocycles. The summed E-state index contributed by atoms with van der Waals surface area (Å²) in [5, 5.41) is 0.594. The van der Waals surface area contributed by atoms with Gasteiger partial charge in [-0.3, -0.25) is 9.59 Å². The third-order valence-corrected chi connectivity index (χ3v) is 3.43. The quantitative estimate of drug-likeness (QED) is 0.661. The lowest BCUT2D eigenvalue weighted by Crippen LogP contribution is -2.28. The van der Waals surface area contributed by atoms with Gasteiger partial charge in [0.25, 0.3) is 0 Å². The summed E-state index contributed by atoms with van der Waals surface area (Å²) in [5.41, 5.74) is 0.251. The molecule has 0 aliphatic rings. The average Bonchev–Trinajstić information content (AvgIpc) is 2.41. The van der Waals surface area contributed by atoms with Crippen LogP contribution in [0.2, 0.25) is 5.02 Å². The predicted octanol–water partition coefficient (Wildman–Crippen LogP) is 4.78. The highest BCUT2D eigenvalue weighted by molar-refractivity contribution is 6.30. The fourth-order valence-corrected chi connectivity index (χ4v) is 2.53. The van der Waals surface area contributed by atoms with Crippen molar-refractivity contribution in [2.24, 2.45) is 11.8 Å². The molecule has 0 amide bonds. The van der Waals surface area contributed by atoms with E-state index in [1.807, 2.05) is 19.9 Å². The Hall–Kier alpha value is -1.55. The van der Waals surface area contributed by atoms with Gasteiger partial charge in [0.2, 0.25) is 0 Å². The van der Waals surface area contributed by atoms with Crippen molar-refractivity contribution in [2.45, 2.75) is 59.7 Å². The van der Waals surface area contributed by atoms with Crippen molar-refractivity contribution in [3.8, 4) is 0 Å². The van der Waals surface area contributed by atoms with Crippen molar-refractivity contribution in [3.63, 3.8) is 0 Å². The van der Waals surface area contributed by atoms with Gasteiger partial charge in [0, 0.05) is 5.02 Å². The van der Waals surface area contributed by atoms with E-state index in [1.54, 1.807) is 39.0 Å². The Bertz CT molecular complexity index is 561. The van der Waals surface area contributed by atoms with E-state index in [2.05, 4.69) is 0 Å². The highest BCUT2D eigenvalue weighted by atomic mass is 35.5. The van der Waals surface area contributed by atoms with Gasteiger partial charge < -0.3 is 9.47 Å². The van der Waals surface area contributed by atoms with E-state index in [0.717, 1.165) is 5.56 Å². The normalized spacial score (nSPS) is 12.8. The van der Waals surface area contributed by atoms with Gasteiger partial charge >= 0.3 is 11.9 Å². The molecular weight excluding hydrogens is 328 g/mol. The first kappa shape index (κ1) is 20.5. The number of carbonyl (C=O) groups excluding carboxylic acids is 2. The summed E-state index contributed by atoms with van der Waals surface area (Å²) in [6.07, 6.45) is 0.609. The van der Waals surface area contributed by atoms with E-state index in [-0.39, 0.29) is 30.9 Å². The molecule has 0 N–H and O–H groups in total. The Morgan fingerprint density at radius 3 is 2.42 bits per heavy atom. The molecule has 0 aliphatic heterocycles. The lowest BCUT2D eigenvalue weighted by Gasteiger charge is -2.22. The second-order valence-corrected chi connectivity index (χ2v) is 7.79. The lowest BCUT2D eigenvalue weighted by molar-refractivity contribution is -0.162. The Morgan fingerprint density at radius 2 is 1.88 bits per heavy atom. The van der Waals surface area contributed by atoms with Crippen LogP contribution in [0.4, 0.5) is 0 Å². The van der Waals surface area contributed by atoms with Crippen LogP contribution in [0.5, 0.6) is 0 Å². The molecule has 1 atom stereocenters. The molecule has 0 spiro atoms. The maximum absolute atomic E-state index is 12.4. The van der Waals surface area contributed by atoms with Crippen LogP contribution in [-0.2, 0) is 25.7 Å². The van der Waals surface area contributed by atoms with Crippen LogP contribution in [0.15, 0.2) is 24.3 Å². The first-order valence-electron chi connectivity index (χ1n) is 8.19. The van der Waals surface area contributed by atoms with Gasteiger partial charge in [-0.25, -0.2) is 0 Å². The van der Waals surface area contributed by atoms with Gasteiger partial charge in [0.1, 0.15) is 12.2 Å². The molecular formula is C19H27ClO4. The van der Waals surface area contributed by atoms with Gasteiger partial charge in [0.15, 0.2) is 0 Å². The molecule has 0 aliphatic carbocycles. The van der Waals surface area contributed by atoms with Crippen molar-refractivity contribution >= 4 is 23.5 Å². The lowest BCUT2D eigenvalue weighted by atomic mass is 9.94. The first-order chi connectivity index (χ1) is 11.1. The monoisotopic (exact) mass is 354 g/mol. The first-order valence-corrected chi connectivity index (χ1v) is 8.57. The van der Waals surface area contributed by atoms with Crippen LogP contribution >= 0.6 is 11.6 Å². The number of carbonyl (C=O) groups is 2. The highest BCUT2D eigenvalue weighted by Crippen LogP contribution is 2.21. The van der Waals surface area contributed by atoms with E-state index >= 15 is 0 Å². The second kappa shape index (κ2) is 9.07. The smallest absolute Gasteiger partial charge is 0.309 e. The molecule has 0 fully saturated rings. The van der Waals surface area contributed by atoms with Gasteiger partial charge in [-0.05, 0) is 50.8 Å². The minimum atomic E-state index is -0.565. The van der Waals surface area contributed by atoms with Crippen LogP contribution in [0.3, 0.4) is 0 Å². The highest BCUT2D eigenvalue weighted by Gasteiger charge is 2.27. The topological polar surface area (TPSA) is 52.6 Å². The molecule has 0 heterocycles. The molecule has 0 unspecified atom stereocenters. The Kier molecular flexibility index (Phi) is 7.74. The maximum Gasteiger partial charge on any atom is 0.309 e. The summed E-state index contributed by atoms with van der Waals surface area (Å²) in [6.45, 7) is 9.57. The largest absolute Gasteiger partial charge is 0.461 e. The fraction of sp³-hybridized carbons (Fsp3) is 0.579. The van der Waals surface area contributed by atoms with E-state index in [9.17, 15) is 9.59 Å². The molecule has 0 radical (unpaired) electrons. The number of esters is 2.